The van der Waals surface area contributed by atoms with Crippen molar-refractivity contribution in [1.82, 2.24) is 0 Å². The van der Waals surface area contributed by atoms with Crippen LogP contribution in [0.2, 0.25) is 0 Å². The highest BCUT2D eigenvalue weighted by Gasteiger charge is 2.58. The Morgan fingerprint density at radius 2 is 1.63 bits per heavy atom. The Morgan fingerprint density at radius 1 is 1.05 bits per heavy atom. The second-order valence-corrected chi connectivity index (χ2v) is 6.65. The zero-order chi connectivity index (χ0) is 13.3. The van der Waals surface area contributed by atoms with Crippen molar-refractivity contribution in [1.29, 1.82) is 0 Å². The molecule has 1 aliphatic rings. The Hall–Kier alpha value is -1.25. The number of hydrogen-bond donors (Lipinski definition) is 1. The second kappa shape index (κ2) is 5.03. The molecule has 2 heteroatoms. The van der Waals surface area contributed by atoms with Gasteiger partial charge in [-0.3, -0.25) is 0 Å². The molecule has 1 fully saturated rings. The molecule has 98 valence electrons. The SMILES string of the molecule is CC(O)C1(Sc2ccccc2)CC1c1ccccc1. The van der Waals surface area contributed by atoms with Crippen LogP contribution in [-0.4, -0.2) is 16.0 Å². The second-order valence-electron chi connectivity index (χ2n) is 5.21. The molecule has 0 bridgehead atoms. The fraction of sp³-hybridized carbons (Fsp3) is 0.294. The van der Waals surface area contributed by atoms with E-state index in [1.165, 1.54) is 10.5 Å². The molecule has 1 N–H and O–H groups in total. The topological polar surface area (TPSA) is 20.2 Å². The zero-order valence-corrected chi connectivity index (χ0v) is 11.8. The first-order valence-electron chi connectivity index (χ1n) is 6.69. The Bertz CT molecular complexity index is 538. The van der Waals surface area contributed by atoms with Crippen LogP contribution >= 0.6 is 11.8 Å². The summed E-state index contributed by atoms with van der Waals surface area (Å²) in [7, 11) is 0. The van der Waals surface area contributed by atoms with Gasteiger partial charge in [0.15, 0.2) is 0 Å². The molecule has 0 saturated heterocycles. The van der Waals surface area contributed by atoms with E-state index in [-0.39, 0.29) is 10.9 Å². The summed E-state index contributed by atoms with van der Waals surface area (Å²) in [5.74, 6) is 0.457. The third kappa shape index (κ3) is 2.43. The average molecular weight is 270 g/mol. The predicted octanol–water partition coefficient (Wildman–Crippen LogP) is 4.09. The maximum Gasteiger partial charge on any atom is 0.0668 e. The first kappa shape index (κ1) is 12.8. The van der Waals surface area contributed by atoms with Crippen molar-refractivity contribution in [3.8, 4) is 0 Å². The van der Waals surface area contributed by atoms with Crippen LogP contribution in [0.1, 0.15) is 24.8 Å². The fourth-order valence-corrected chi connectivity index (χ4v) is 4.14. The number of aliphatic hydroxyl groups excluding tert-OH is 1. The van der Waals surface area contributed by atoms with Gasteiger partial charge in [0, 0.05) is 10.8 Å². The van der Waals surface area contributed by atoms with Crippen molar-refractivity contribution in [2.75, 3.05) is 0 Å². The molecule has 2 aromatic carbocycles. The molecule has 19 heavy (non-hydrogen) atoms. The van der Waals surface area contributed by atoms with E-state index in [0.29, 0.717) is 5.92 Å². The van der Waals surface area contributed by atoms with Gasteiger partial charge in [-0.2, -0.15) is 0 Å². The molecule has 0 aromatic heterocycles. The minimum Gasteiger partial charge on any atom is -0.392 e. The van der Waals surface area contributed by atoms with E-state index in [1.807, 2.05) is 30.8 Å². The molecular weight excluding hydrogens is 252 g/mol. The first-order chi connectivity index (χ1) is 9.22. The highest BCUT2D eigenvalue weighted by Crippen LogP contribution is 2.64. The number of hydrogen-bond acceptors (Lipinski definition) is 2. The quantitative estimate of drug-likeness (QED) is 0.903. The third-order valence-electron chi connectivity index (χ3n) is 3.91. The number of rotatable bonds is 4. The van der Waals surface area contributed by atoms with E-state index in [0.717, 1.165) is 6.42 Å². The molecule has 0 amide bonds. The maximum absolute atomic E-state index is 10.2. The fourth-order valence-electron chi connectivity index (χ4n) is 2.71. The molecule has 1 nitrogen and oxygen atoms in total. The third-order valence-corrected chi connectivity index (χ3v) is 5.59. The van der Waals surface area contributed by atoms with Gasteiger partial charge in [-0.1, -0.05) is 48.5 Å². The molecule has 3 unspecified atom stereocenters. The Kier molecular flexibility index (Phi) is 3.38. The van der Waals surface area contributed by atoms with E-state index in [4.69, 9.17) is 0 Å². The van der Waals surface area contributed by atoms with Gasteiger partial charge in [0.2, 0.25) is 0 Å². The zero-order valence-electron chi connectivity index (χ0n) is 11.0. The summed E-state index contributed by atoms with van der Waals surface area (Å²) >= 11 is 1.82. The lowest BCUT2D eigenvalue weighted by atomic mass is 10.1. The van der Waals surface area contributed by atoms with Crippen molar-refractivity contribution in [2.45, 2.75) is 35.0 Å². The molecule has 0 heterocycles. The lowest BCUT2D eigenvalue weighted by Gasteiger charge is -2.20. The van der Waals surface area contributed by atoms with E-state index in [2.05, 4.69) is 48.5 Å². The highest BCUT2D eigenvalue weighted by atomic mass is 32.2. The summed E-state index contributed by atoms with van der Waals surface area (Å²) in [5, 5.41) is 10.2. The predicted molar refractivity (Wildman–Crippen MR) is 80.5 cm³/mol. The summed E-state index contributed by atoms with van der Waals surface area (Å²) in [5.41, 5.74) is 1.34. The van der Waals surface area contributed by atoms with Gasteiger partial charge in [-0.25, -0.2) is 0 Å². The number of thioether (sulfide) groups is 1. The lowest BCUT2D eigenvalue weighted by molar-refractivity contribution is 0.182. The van der Waals surface area contributed by atoms with Gasteiger partial charge in [0.25, 0.3) is 0 Å². The summed E-state index contributed by atoms with van der Waals surface area (Å²) in [6, 6.07) is 20.9. The van der Waals surface area contributed by atoms with E-state index < -0.39 is 0 Å². The van der Waals surface area contributed by atoms with Crippen LogP contribution in [0.4, 0.5) is 0 Å². The minimum atomic E-state index is -0.303. The average Bonchev–Trinajstić information content (AvgIpc) is 3.17. The van der Waals surface area contributed by atoms with Crippen LogP contribution in [0.15, 0.2) is 65.6 Å². The highest BCUT2D eigenvalue weighted by molar-refractivity contribution is 8.01. The van der Waals surface area contributed by atoms with Gasteiger partial charge < -0.3 is 5.11 Å². The van der Waals surface area contributed by atoms with Crippen molar-refractivity contribution in [2.24, 2.45) is 0 Å². The summed E-state index contributed by atoms with van der Waals surface area (Å²) < 4.78 is -0.0529. The van der Waals surface area contributed by atoms with Crippen molar-refractivity contribution in [3.63, 3.8) is 0 Å². The molecular formula is C17H18OS. The van der Waals surface area contributed by atoms with Crippen LogP contribution in [0.5, 0.6) is 0 Å². The van der Waals surface area contributed by atoms with E-state index in [1.54, 1.807) is 0 Å². The largest absolute Gasteiger partial charge is 0.392 e. The number of benzene rings is 2. The minimum absolute atomic E-state index is 0.0529. The molecule has 3 atom stereocenters. The molecule has 0 spiro atoms. The molecule has 2 aromatic rings. The summed E-state index contributed by atoms with van der Waals surface area (Å²) in [6.45, 7) is 1.92. The molecule has 3 rings (SSSR count). The standard InChI is InChI=1S/C17H18OS/c1-13(18)17(19-15-10-6-3-7-11-15)12-16(17)14-8-4-2-5-9-14/h2-11,13,16,18H,12H2,1H3. The van der Waals surface area contributed by atoms with Crippen LogP contribution in [0, 0.1) is 0 Å². The molecule has 0 radical (unpaired) electrons. The molecule has 1 aliphatic carbocycles. The normalized spacial score (nSPS) is 26.9. The summed E-state index contributed by atoms with van der Waals surface area (Å²) in [6.07, 6.45) is 0.747. The molecule has 0 aliphatic heterocycles. The lowest BCUT2D eigenvalue weighted by Crippen LogP contribution is -2.23. The maximum atomic E-state index is 10.2. The van der Waals surface area contributed by atoms with E-state index in [9.17, 15) is 5.11 Å². The van der Waals surface area contributed by atoms with Gasteiger partial charge in [-0.15, -0.1) is 11.8 Å². The van der Waals surface area contributed by atoms with Gasteiger partial charge in [0.1, 0.15) is 0 Å². The first-order valence-corrected chi connectivity index (χ1v) is 7.51. The Labute approximate surface area is 118 Å². The monoisotopic (exact) mass is 270 g/mol. The molecule has 1 saturated carbocycles. The van der Waals surface area contributed by atoms with Crippen LogP contribution in [0.3, 0.4) is 0 Å². The van der Waals surface area contributed by atoms with Crippen LogP contribution in [0.25, 0.3) is 0 Å². The van der Waals surface area contributed by atoms with Crippen molar-refractivity contribution >= 4 is 11.8 Å². The van der Waals surface area contributed by atoms with Crippen LogP contribution < -0.4 is 0 Å². The summed E-state index contributed by atoms with van der Waals surface area (Å²) in [4.78, 5) is 1.24. The van der Waals surface area contributed by atoms with Gasteiger partial charge >= 0.3 is 0 Å². The Morgan fingerprint density at radius 3 is 2.21 bits per heavy atom. The van der Waals surface area contributed by atoms with Gasteiger partial charge in [0.05, 0.1) is 10.9 Å². The van der Waals surface area contributed by atoms with Gasteiger partial charge in [-0.05, 0) is 31.0 Å². The van der Waals surface area contributed by atoms with E-state index >= 15 is 0 Å². The van der Waals surface area contributed by atoms with Crippen LogP contribution in [-0.2, 0) is 0 Å². The van der Waals surface area contributed by atoms with Crippen molar-refractivity contribution < 1.29 is 5.11 Å². The van der Waals surface area contributed by atoms with Crippen molar-refractivity contribution in [3.05, 3.63) is 66.2 Å². The number of aliphatic hydroxyl groups is 1. The smallest absolute Gasteiger partial charge is 0.0668 e. The Balaban J connectivity index is 1.84.